The summed E-state index contributed by atoms with van der Waals surface area (Å²) in [6, 6.07) is 20.2. The molecule has 4 atom stereocenters. The van der Waals surface area contributed by atoms with Crippen LogP contribution in [-0.4, -0.2) is 31.7 Å². The number of ether oxygens (including phenoxy) is 4. The van der Waals surface area contributed by atoms with Gasteiger partial charge in [0, 0.05) is 7.11 Å². The summed E-state index contributed by atoms with van der Waals surface area (Å²) in [6.07, 6.45) is -0.920. The average Bonchev–Trinajstić information content (AvgIpc) is 2.94. The zero-order chi connectivity index (χ0) is 16.8. The first kappa shape index (κ1) is 17.1. The van der Waals surface area contributed by atoms with Gasteiger partial charge in [-0.05, 0) is 18.1 Å². The SMILES string of the molecule is CO[C@H]1O[C@H](C)[C@@H](OCc2ccccc2)[C@H]1OCc1ccccc1. The van der Waals surface area contributed by atoms with Gasteiger partial charge < -0.3 is 18.9 Å². The smallest absolute Gasteiger partial charge is 0.186 e. The fourth-order valence-corrected chi connectivity index (χ4v) is 2.92. The molecule has 0 amide bonds. The van der Waals surface area contributed by atoms with Crippen molar-refractivity contribution in [1.29, 1.82) is 0 Å². The summed E-state index contributed by atoms with van der Waals surface area (Å²) >= 11 is 0. The highest BCUT2D eigenvalue weighted by Gasteiger charge is 2.44. The first-order valence-corrected chi connectivity index (χ1v) is 8.27. The molecule has 1 heterocycles. The molecule has 128 valence electrons. The van der Waals surface area contributed by atoms with Crippen LogP contribution in [0, 0.1) is 0 Å². The number of hydrogen-bond acceptors (Lipinski definition) is 4. The van der Waals surface area contributed by atoms with Crippen molar-refractivity contribution in [3.8, 4) is 0 Å². The van der Waals surface area contributed by atoms with E-state index in [2.05, 4.69) is 0 Å². The minimum absolute atomic E-state index is 0.0839. The Morgan fingerprint density at radius 3 is 1.79 bits per heavy atom. The lowest BCUT2D eigenvalue weighted by Gasteiger charge is -2.23. The summed E-state index contributed by atoms with van der Waals surface area (Å²) in [5.41, 5.74) is 2.25. The van der Waals surface area contributed by atoms with Gasteiger partial charge in [0.05, 0.1) is 19.3 Å². The topological polar surface area (TPSA) is 36.9 Å². The second-order valence-electron chi connectivity index (χ2n) is 5.97. The first-order chi connectivity index (χ1) is 11.8. The van der Waals surface area contributed by atoms with E-state index in [1.165, 1.54) is 0 Å². The summed E-state index contributed by atoms with van der Waals surface area (Å²) in [6.45, 7) is 3.03. The van der Waals surface area contributed by atoms with Crippen LogP contribution in [0.15, 0.2) is 60.7 Å². The van der Waals surface area contributed by atoms with E-state index in [9.17, 15) is 0 Å². The Morgan fingerprint density at radius 1 is 0.792 bits per heavy atom. The summed E-state index contributed by atoms with van der Waals surface area (Å²) in [5.74, 6) is 0. The van der Waals surface area contributed by atoms with Crippen LogP contribution in [0.2, 0.25) is 0 Å². The zero-order valence-electron chi connectivity index (χ0n) is 14.1. The van der Waals surface area contributed by atoms with E-state index in [0.717, 1.165) is 11.1 Å². The zero-order valence-corrected chi connectivity index (χ0v) is 14.1. The van der Waals surface area contributed by atoms with Crippen LogP contribution < -0.4 is 0 Å². The van der Waals surface area contributed by atoms with Crippen molar-refractivity contribution in [2.24, 2.45) is 0 Å². The number of rotatable bonds is 7. The monoisotopic (exact) mass is 328 g/mol. The second-order valence-corrected chi connectivity index (χ2v) is 5.97. The third kappa shape index (κ3) is 4.22. The van der Waals surface area contributed by atoms with Crippen LogP contribution in [0.25, 0.3) is 0 Å². The molecule has 1 aliphatic heterocycles. The molecule has 0 spiro atoms. The Labute approximate surface area is 143 Å². The normalized spacial score (nSPS) is 26.6. The molecule has 4 nitrogen and oxygen atoms in total. The average molecular weight is 328 g/mol. The Hall–Kier alpha value is -1.72. The Kier molecular flexibility index (Phi) is 5.99. The van der Waals surface area contributed by atoms with E-state index < -0.39 is 6.29 Å². The first-order valence-electron chi connectivity index (χ1n) is 8.27. The van der Waals surface area contributed by atoms with E-state index in [4.69, 9.17) is 18.9 Å². The molecule has 0 unspecified atom stereocenters. The van der Waals surface area contributed by atoms with Crippen LogP contribution in [0.1, 0.15) is 18.1 Å². The summed E-state index contributed by atoms with van der Waals surface area (Å²) in [7, 11) is 1.63. The summed E-state index contributed by atoms with van der Waals surface area (Å²) < 4.78 is 23.5. The van der Waals surface area contributed by atoms with Crippen molar-refractivity contribution in [2.45, 2.75) is 44.7 Å². The lowest BCUT2D eigenvalue weighted by atomic mass is 10.1. The van der Waals surface area contributed by atoms with E-state index in [1.807, 2.05) is 67.6 Å². The maximum atomic E-state index is 6.10. The molecule has 0 N–H and O–H groups in total. The minimum atomic E-state index is -0.413. The quantitative estimate of drug-likeness (QED) is 0.779. The molecular weight excluding hydrogens is 304 g/mol. The number of benzene rings is 2. The molecule has 1 aliphatic rings. The van der Waals surface area contributed by atoms with Gasteiger partial charge in [0.15, 0.2) is 6.29 Å². The molecule has 2 aromatic carbocycles. The predicted octanol–water partition coefficient (Wildman–Crippen LogP) is 3.55. The maximum Gasteiger partial charge on any atom is 0.186 e. The molecule has 1 fully saturated rings. The van der Waals surface area contributed by atoms with Gasteiger partial charge in [-0.3, -0.25) is 0 Å². The van der Waals surface area contributed by atoms with E-state index in [-0.39, 0.29) is 18.3 Å². The lowest BCUT2D eigenvalue weighted by molar-refractivity contribution is -0.165. The third-order valence-corrected chi connectivity index (χ3v) is 4.21. The number of hydrogen-bond donors (Lipinski definition) is 0. The van der Waals surface area contributed by atoms with Crippen molar-refractivity contribution < 1.29 is 18.9 Å². The molecule has 4 heteroatoms. The van der Waals surface area contributed by atoms with Gasteiger partial charge in [0.1, 0.15) is 12.2 Å². The lowest BCUT2D eigenvalue weighted by Crippen LogP contribution is -2.37. The van der Waals surface area contributed by atoms with Gasteiger partial charge in [-0.15, -0.1) is 0 Å². The summed E-state index contributed by atoms with van der Waals surface area (Å²) in [5, 5.41) is 0. The molecule has 0 aromatic heterocycles. The Bertz CT molecular complexity index is 602. The van der Waals surface area contributed by atoms with Crippen LogP contribution in [0.4, 0.5) is 0 Å². The highest BCUT2D eigenvalue weighted by Crippen LogP contribution is 2.28. The Morgan fingerprint density at radius 2 is 1.29 bits per heavy atom. The van der Waals surface area contributed by atoms with Crippen molar-refractivity contribution in [3.63, 3.8) is 0 Å². The van der Waals surface area contributed by atoms with Crippen molar-refractivity contribution >= 4 is 0 Å². The highest BCUT2D eigenvalue weighted by atomic mass is 16.7. The molecular formula is C20H24O4. The molecule has 0 aliphatic carbocycles. The van der Waals surface area contributed by atoms with Crippen molar-refractivity contribution in [1.82, 2.24) is 0 Å². The molecule has 0 radical (unpaired) electrons. The van der Waals surface area contributed by atoms with Gasteiger partial charge in [0.25, 0.3) is 0 Å². The van der Waals surface area contributed by atoms with Crippen LogP contribution in [0.5, 0.6) is 0 Å². The molecule has 0 saturated carbocycles. The van der Waals surface area contributed by atoms with E-state index in [1.54, 1.807) is 7.11 Å². The van der Waals surface area contributed by atoms with Crippen LogP contribution >= 0.6 is 0 Å². The van der Waals surface area contributed by atoms with Crippen molar-refractivity contribution in [2.75, 3.05) is 7.11 Å². The van der Waals surface area contributed by atoms with Crippen molar-refractivity contribution in [3.05, 3.63) is 71.8 Å². The fraction of sp³-hybridized carbons (Fsp3) is 0.400. The highest BCUT2D eigenvalue weighted by molar-refractivity contribution is 5.14. The van der Waals surface area contributed by atoms with Gasteiger partial charge in [0.2, 0.25) is 0 Å². The van der Waals surface area contributed by atoms with Gasteiger partial charge in [-0.1, -0.05) is 60.7 Å². The fourth-order valence-electron chi connectivity index (χ4n) is 2.92. The number of methoxy groups -OCH3 is 1. The largest absolute Gasteiger partial charge is 0.368 e. The molecule has 0 bridgehead atoms. The Balaban J connectivity index is 1.63. The standard InChI is InChI=1S/C20H24O4/c1-15-18(22-13-16-9-5-3-6-10-16)19(20(21-2)24-15)23-14-17-11-7-4-8-12-17/h3-12,15,18-20H,13-14H2,1-2H3/t15-,18-,19-,20+/m1/s1. The van der Waals surface area contributed by atoms with Crippen LogP contribution in [0.3, 0.4) is 0 Å². The molecule has 3 rings (SSSR count). The van der Waals surface area contributed by atoms with E-state index >= 15 is 0 Å². The minimum Gasteiger partial charge on any atom is -0.368 e. The van der Waals surface area contributed by atoms with Crippen LogP contribution in [-0.2, 0) is 32.2 Å². The second kappa shape index (κ2) is 8.40. The predicted molar refractivity (Wildman–Crippen MR) is 91.4 cm³/mol. The molecule has 2 aromatic rings. The maximum absolute atomic E-state index is 6.10. The molecule has 24 heavy (non-hydrogen) atoms. The van der Waals surface area contributed by atoms with Gasteiger partial charge in [-0.25, -0.2) is 0 Å². The van der Waals surface area contributed by atoms with Gasteiger partial charge in [-0.2, -0.15) is 0 Å². The van der Waals surface area contributed by atoms with E-state index in [0.29, 0.717) is 13.2 Å². The third-order valence-electron chi connectivity index (χ3n) is 4.21. The molecule has 1 saturated heterocycles. The van der Waals surface area contributed by atoms with Gasteiger partial charge >= 0.3 is 0 Å². The summed E-state index contributed by atoms with van der Waals surface area (Å²) in [4.78, 5) is 0.